The minimum atomic E-state index is -4.13. The Morgan fingerprint density at radius 3 is 2.42 bits per heavy atom. The minimum absolute atomic E-state index is 0.00764. The molecule has 0 aromatic heterocycles. The van der Waals surface area contributed by atoms with Crippen LogP contribution in [0, 0.1) is 0 Å². The zero-order valence-electron chi connectivity index (χ0n) is 16.3. The summed E-state index contributed by atoms with van der Waals surface area (Å²) in [6.45, 7) is 10.1. The van der Waals surface area contributed by atoms with Gasteiger partial charge in [-0.3, -0.25) is 14.8 Å². The van der Waals surface area contributed by atoms with Crippen molar-refractivity contribution in [3.8, 4) is 0 Å². The van der Waals surface area contributed by atoms with E-state index in [9.17, 15) is 13.2 Å². The van der Waals surface area contributed by atoms with Crippen LogP contribution in [0.25, 0.3) is 0 Å². The molecule has 1 unspecified atom stereocenters. The van der Waals surface area contributed by atoms with E-state index >= 15 is 0 Å². The zero-order chi connectivity index (χ0) is 19.2. The fraction of sp³-hybridized carbons (Fsp3) is 0.944. The van der Waals surface area contributed by atoms with Gasteiger partial charge in [-0.05, 0) is 53.1 Å². The first-order valence-corrected chi connectivity index (χ1v) is 9.78. The lowest BCUT2D eigenvalue weighted by atomic mass is 9.99. The summed E-state index contributed by atoms with van der Waals surface area (Å²) in [5.41, 5.74) is -0.0131. The van der Waals surface area contributed by atoms with Crippen LogP contribution in [0.2, 0.25) is 0 Å². The van der Waals surface area contributed by atoms with Gasteiger partial charge < -0.3 is 10.6 Å². The Morgan fingerprint density at radius 1 is 1.12 bits per heavy atom. The fourth-order valence-electron chi connectivity index (χ4n) is 3.73. The van der Waals surface area contributed by atoms with E-state index in [-0.39, 0.29) is 11.6 Å². The third-order valence-corrected chi connectivity index (χ3v) is 5.20. The van der Waals surface area contributed by atoms with Crippen molar-refractivity contribution in [1.82, 2.24) is 20.4 Å². The monoisotopic (exact) mass is 377 g/mol. The average Bonchev–Trinajstić information content (AvgIpc) is 2.99. The second-order valence-electron chi connectivity index (χ2n) is 8.04. The summed E-state index contributed by atoms with van der Waals surface area (Å²) in [4.78, 5) is 8.68. The highest BCUT2D eigenvalue weighted by Crippen LogP contribution is 2.21. The smallest absolute Gasteiger partial charge is 0.357 e. The van der Waals surface area contributed by atoms with Crippen LogP contribution < -0.4 is 10.6 Å². The quantitative estimate of drug-likeness (QED) is 0.551. The molecule has 2 rings (SSSR count). The van der Waals surface area contributed by atoms with Gasteiger partial charge in [0.2, 0.25) is 0 Å². The van der Waals surface area contributed by atoms with E-state index in [1.807, 2.05) is 6.92 Å². The molecule has 0 spiro atoms. The molecule has 152 valence electrons. The predicted octanol–water partition coefficient (Wildman–Crippen LogP) is 2.44. The summed E-state index contributed by atoms with van der Waals surface area (Å²) in [6, 6.07) is 0.00764. The molecule has 0 bridgehead atoms. The number of nitrogens with one attached hydrogen (secondary N) is 2. The topological polar surface area (TPSA) is 42.9 Å². The van der Waals surface area contributed by atoms with E-state index in [0.717, 1.165) is 19.6 Å². The van der Waals surface area contributed by atoms with E-state index in [1.54, 1.807) is 0 Å². The lowest BCUT2D eigenvalue weighted by molar-refractivity contribution is -0.143. The standard InChI is InChI=1S/C18H34F3N5/c1-4-22-16(23-13-17(2,3)26-9-6-5-7-10-26)24-15-8-11-25(12-15)14-18(19,20)21/h15H,4-14H2,1-3H3,(H2,22,23,24). The normalized spacial score (nSPS) is 24.1. The van der Waals surface area contributed by atoms with Gasteiger partial charge in [-0.2, -0.15) is 13.2 Å². The maximum Gasteiger partial charge on any atom is 0.401 e. The lowest BCUT2D eigenvalue weighted by Gasteiger charge is -2.40. The van der Waals surface area contributed by atoms with Crippen molar-refractivity contribution in [3.63, 3.8) is 0 Å². The largest absolute Gasteiger partial charge is 0.401 e. The molecule has 0 aliphatic carbocycles. The van der Waals surface area contributed by atoms with Crippen LogP contribution in [0.5, 0.6) is 0 Å². The van der Waals surface area contributed by atoms with Crippen LogP contribution in [-0.4, -0.2) is 79.3 Å². The molecule has 0 aromatic rings. The van der Waals surface area contributed by atoms with Crippen LogP contribution in [-0.2, 0) is 0 Å². The zero-order valence-corrected chi connectivity index (χ0v) is 16.3. The second kappa shape index (κ2) is 9.26. The number of likely N-dealkylation sites (tertiary alicyclic amines) is 2. The van der Waals surface area contributed by atoms with Gasteiger partial charge in [0.15, 0.2) is 5.96 Å². The maximum atomic E-state index is 12.5. The van der Waals surface area contributed by atoms with E-state index in [1.165, 1.54) is 24.2 Å². The molecular weight excluding hydrogens is 343 g/mol. The van der Waals surface area contributed by atoms with E-state index in [2.05, 4.69) is 29.4 Å². The molecule has 2 aliphatic heterocycles. The van der Waals surface area contributed by atoms with E-state index in [0.29, 0.717) is 32.0 Å². The van der Waals surface area contributed by atoms with Crippen LogP contribution in [0.4, 0.5) is 13.2 Å². The molecule has 1 atom stereocenters. The number of halogens is 3. The molecule has 0 aromatic carbocycles. The first-order valence-electron chi connectivity index (χ1n) is 9.78. The number of guanidine groups is 1. The van der Waals surface area contributed by atoms with Gasteiger partial charge in [0.05, 0.1) is 13.1 Å². The molecule has 2 saturated heterocycles. The molecule has 2 heterocycles. The molecule has 5 nitrogen and oxygen atoms in total. The first-order chi connectivity index (χ1) is 12.2. The maximum absolute atomic E-state index is 12.5. The van der Waals surface area contributed by atoms with Gasteiger partial charge in [0.1, 0.15) is 0 Å². The Hall–Kier alpha value is -1.02. The van der Waals surface area contributed by atoms with Crippen molar-refractivity contribution >= 4 is 5.96 Å². The highest BCUT2D eigenvalue weighted by Gasteiger charge is 2.34. The van der Waals surface area contributed by atoms with Crippen LogP contribution >= 0.6 is 0 Å². The molecular formula is C18H34F3N5. The minimum Gasteiger partial charge on any atom is -0.357 e. The van der Waals surface area contributed by atoms with Crippen molar-refractivity contribution < 1.29 is 13.2 Å². The van der Waals surface area contributed by atoms with Gasteiger partial charge >= 0.3 is 6.18 Å². The predicted molar refractivity (Wildman–Crippen MR) is 99.5 cm³/mol. The Morgan fingerprint density at radius 2 is 1.81 bits per heavy atom. The van der Waals surface area contributed by atoms with Gasteiger partial charge in [-0.25, -0.2) is 0 Å². The van der Waals surface area contributed by atoms with Crippen molar-refractivity contribution in [2.45, 2.75) is 64.2 Å². The third kappa shape index (κ3) is 6.95. The van der Waals surface area contributed by atoms with Crippen molar-refractivity contribution in [2.24, 2.45) is 4.99 Å². The summed E-state index contributed by atoms with van der Waals surface area (Å²) in [5.74, 6) is 0.705. The lowest BCUT2D eigenvalue weighted by Crippen LogP contribution is -2.50. The summed E-state index contributed by atoms with van der Waals surface area (Å²) >= 11 is 0. The van der Waals surface area contributed by atoms with Crippen LogP contribution in [0.15, 0.2) is 4.99 Å². The molecule has 2 fully saturated rings. The average molecular weight is 377 g/mol. The summed E-state index contributed by atoms with van der Waals surface area (Å²) in [6.07, 6.45) is 0.350. The number of alkyl halides is 3. The Bertz CT molecular complexity index is 458. The number of hydrogen-bond acceptors (Lipinski definition) is 3. The number of aliphatic imine (C=N–C) groups is 1. The Labute approximate surface area is 155 Å². The van der Waals surface area contributed by atoms with Gasteiger partial charge in [-0.1, -0.05) is 6.42 Å². The second-order valence-corrected chi connectivity index (χ2v) is 8.04. The van der Waals surface area contributed by atoms with Gasteiger partial charge in [-0.15, -0.1) is 0 Å². The third-order valence-electron chi connectivity index (χ3n) is 5.20. The highest BCUT2D eigenvalue weighted by atomic mass is 19.4. The van der Waals surface area contributed by atoms with E-state index in [4.69, 9.17) is 4.99 Å². The number of piperidine rings is 1. The van der Waals surface area contributed by atoms with E-state index < -0.39 is 12.7 Å². The van der Waals surface area contributed by atoms with Crippen LogP contribution in [0.1, 0.15) is 46.5 Å². The van der Waals surface area contributed by atoms with Crippen molar-refractivity contribution in [1.29, 1.82) is 0 Å². The molecule has 0 amide bonds. The number of hydrogen-bond donors (Lipinski definition) is 2. The molecule has 26 heavy (non-hydrogen) atoms. The number of nitrogens with zero attached hydrogens (tertiary/aromatic N) is 3. The highest BCUT2D eigenvalue weighted by molar-refractivity contribution is 5.80. The van der Waals surface area contributed by atoms with Crippen molar-refractivity contribution in [3.05, 3.63) is 0 Å². The van der Waals surface area contributed by atoms with Crippen LogP contribution in [0.3, 0.4) is 0 Å². The Kier molecular flexibility index (Phi) is 7.58. The summed E-state index contributed by atoms with van der Waals surface area (Å²) in [5, 5.41) is 6.55. The SMILES string of the molecule is CCNC(=NCC(C)(C)N1CCCCC1)NC1CCN(CC(F)(F)F)C1. The van der Waals surface area contributed by atoms with Crippen molar-refractivity contribution in [2.75, 3.05) is 45.8 Å². The van der Waals surface area contributed by atoms with Gasteiger partial charge in [0, 0.05) is 31.2 Å². The molecule has 8 heteroatoms. The van der Waals surface area contributed by atoms with Gasteiger partial charge in [0.25, 0.3) is 0 Å². The fourth-order valence-corrected chi connectivity index (χ4v) is 3.73. The number of rotatable bonds is 6. The first kappa shape index (κ1) is 21.3. The Balaban J connectivity index is 1.88. The molecule has 2 aliphatic rings. The molecule has 0 saturated carbocycles. The molecule has 2 N–H and O–H groups in total. The molecule has 0 radical (unpaired) electrons. The summed E-state index contributed by atoms with van der Waals surface area (Å²) in [7, 11) is 0. The summed E-state index contributed by atoms with van der Waals surface area (Å²) < 4.78 is 37.6.